The fourth-order valence-corrected chi connectivity index (χ4v) is 2.10. The molecule has 3 aromatic rings. The molecule has 0 unspecified atom stereocenters. The molecule has 4 heteroatoms. The highest BCUT2D eigenvalue weighted by molar-refractivity contribution is 7.03. The Morgan fingerprint density at radius 2 is 1.82 bits per heavy atom. The first-order valence-electron chi connectivity index (χ1n) is 5.22. The molecule has 3 rings (SSSR count). The van der Waals surface area contributed by atoms with Crippen molar-refractivity contribution in [3.63, 3.8) is 0 Å². The molecule has 0 bridgehead atoms. The molecule has 0 amide bonds. The molecule has 0 fully saturated rings. The zero-order chi connectivity index (χ0) is 11.5. The topological polar surface area (TPSA) is 38.7 Å². The van der Waals surface area contributed by atoms with Crippen molar-refractivity contribution in [1.29, 1.82) is 0 Å². The van der Waals surface area contributed by atoms with Crippen molar-refractivity contribution >= 4 is 11.5 Å². The molecular weight excluding hydrogens is 230 g/mol. The van der Waals surface area contributed by atoms with Crippen LogP contribution in [-0.4, -0.2) is 14.3 Å². The molecule has 0 saturated carbocycles. The normalized spacial score (nSPS) is 10.4. The van der Waals surface area contributed by atoms with E-state index in [1.54, 1.807) is 11.7 Å². The predicted molar refractivity (Wildman–Crippen MR) is 68.6 cm³/mol. The van der Waals surface area contributed by atoms with Crippen LogP contribution < -0.4 is 0 Å². The molecule has 0 N–H and O–H groups in total. The molecule has 2 aromatic heterocycles. The van der Waals surface area contributed by atoms with Crippen molar-refractivity contribution in [2.24, 2.45) is 0 Å². The summed E-state index contributed by atoms with van der Waals surface area (Å²) < 4.78 is 4.23. The molecule has 0 aliphatic rings. The van der Waals surface area contributed by atoms with Crippen molar-refractivity contribution in [1.82, 2.24) is 14.3 Å². The zero-order valence-electron chi connectivity index (χ0n) is 8.95. The van der Waals surface area contributed by atoms with E-state index in [1.807, 2.05) is 36.4 Å². The summed E-state index contributed by atoms with van der Waals surface area (Å²) in [7, 11) is 0. The van der Waals surface area contributed by atoms with Gasteiger partial charge in [-0.2, -0.15) is 4.37 Å². The Labute approximate surface area is 103 Å². The monoisotopic (exact) mass is 239 g/mol. The Kier molecular flexibility index (Phi) is 2.63. The molecule has 0 aliphatic carbocycles. The highest BCUT2D eigenvalue weighted by atomic mass is 32.1. The number of hydrogen-bond acceptors (Lipinski definition) is 4. The molecule has 0 saturated heterocycles. The molecule has 82 valence electrons. The van der Waals surface area contributed by atoms with Crippen LogP contribution in [0.5, 0.6) is 0 Å². The maximum absolute atomic E-state index is 4.33. The number of nitrogens with zero attached hydrogens (tertiary/aromatic N) is 3. The Balaban J connectivity index is 2.06. The molecule has 2 heterocycles. The zero-order valence-corrected chi connectivity index (χ0v) is 9.76. The summed E-state index contributed by atoms with van der Waals surface area (Å²) in [4.78, 5) is 8.54. The van der Waals surface area contributed by atoms with Crippen molar-refractivity contribution in [3.05, 3.63) is 54.2 Å². The molecule has 0 spiro atoms. The van der Waals surface area contributed by atoms with Gasteiger partial charge in [0, 0.05) is 17.3 Å². The van der Waals surface area contributed by atoms with Gasteiger partial charge in [0.2, 0.25) is 0 Å². The van der Waals surface area contributed by atoms with Crippen LogP contribution >= 0.6 is 11.5 Å². The maximum Gasteiger partial charge on any atom is 0.172 e. The van der Waals surface area contributed by atoms with Gasteiger partial charge in [-0.05, 0) is 29.7 Å². The summed E-state index contributed by atoms with van der Waals surface area (Å²) in [6, 6.07) is 14.0. The first-order valence-corrected chi connectivity index (χ1v) is 6.05. The number of aromatic nitrogens is 3. The highest BCUT2D eigenvalue weighted by Crippen LogP contribution is 2.23. The highest BCUT2D eigenvalue weighted by Gasteiger charge is 2.04. The van der Waals surface area contributed by atoms with E-state index in [2.05, 4.69) is 20.4 Å². The summed E-state index contributed by atoms with van der Waals surface area (Å²) in [6.07, 6.45) is 1.79. The molecule has 0 radical (unpaired) electrons. The lowest BCUT2D eigenvalue weighted by molar-refractivity contribution is 1.31. The SMILES string of the molecule is c1ccc(-c2cccc(-c3ncsn3)c2)nc1. The summed E-state index contributed by atoms with van der Waals surface area (Å²) in [6.45, 7) is 0. The molecule has 3 nitrogen and oxygen atoms in total. The molecule has 17 heavy (non-hydrogen) atoms. The van der Waals surface area contributed by atoms with Gasteiger partial charge in [0.25, 0.3) is 0 Å². The van der Waals surface area contributed by atoms with E-state index in [0.717, 1.165) is 22.6 Å². The minimum Gasteiger partial charge on any atom is -0.256 e. The minimum absolute atomic E-state index is 0.771. The Morgan fingerprint density at radius 3 is 2.59 bits per heavy atom. The smallest absolute Gasteiger partial charge is 0.172 e. The third-order valence-electron chi connectivity index (χ3n) is 2.44. The molecular formula is C13H9N3S. The molecule has 1 aromatic carbocycles. The maximum atomic E-state index is 4.33. The third-order valence-corrected chi connectivity index (χ3v) is 2.92. The molecule has 0 atom stereocenters. The lowest BCUT2D eigenvalue weighted by Gasteiger charge is -2.02. The van der Waals surface area contributed by atoms with Gasteiger partial charge in [-0.25, -0.2) is 4.98 Å². The van der Waals surface area contributed by atoms with E-state index in [0.29, 0.717) is 0 Å². The van der Waals surface area contributed by atoms with Crippen LogP contribution in [0.3, 0.4) is 0 Å². The summed E-state index contributed by atoms with van der Waals surface area (Å²) in [5.74, 6) is 0.771. The number of hydrogen-bond donors (Lipinski definition) is 0. The standard InChI is InChI=1S/C13H9N3S/c1-2-7-14-12(6-1)10-4-3-5-11(8-10)13-15-9-17-16-13/h1-9H. The first-order chi connectivity index (χ1) is 8.43. The van der Waals surface area contributed by atoms with Gasteiger partial charge in [-0.1, -0.05) is 24.3 Å². The lowest BCUT2D eigenvalue weighted by atomic mass is 10.1. The van der Waals surface area contributed by atoms with E-state index in [9.17, 15) is 0 Å². The van der Waals surface area contributed by atoms with Gasteiger partial charge < -0.3 is 0 Å². The van der Waals surface area contributed by atoms with Crippen LogP contribution in [0.15, 0.2) is 54.2 Å². The van der Waals surface area contributed by atoms with E-state index in [1.165, 1.54) is 11.5 Å². The van der Waals surface area contributed by atoms with Gasteiger partial charge in [-0.15, -0.1) is 0 Å². The summed E-state index contributed by atoms with van der Waals surface area (Å²) in [5, 5.41) is 0. The van der Waals surface area contributed by atoms with Gasteiger partial charge in [0.05, 0.1) is 5.69 Å². The average molecular weight is 239 g/mol. The second kappa shape index (κ2) is 4.43. The van der Waals surface area contributed by atoms with Crippen molar-refractivity contribution in [2.45, 2.75) is 0 Å². The Bertz CT molecular complexity index is 606. The summed E-state index contributed by atoms with van der Waals surface area (Å²) in [5.41, 5.74) is 4.81. The van der Waals surface area contributed by atoms with E-state index in [-0.39, 0.29) is 0 Å². The second-order valence-electron chi connectivity index (χ2n) is 3.55. The lowest BCUT2D eigenvalue weighted by Crippen LogP contribution is -1.84. The summed E-state index contributed by atoms with van der Waals surface area (Å²) >= 11 is 1.36. The number of benzene rings is 1. The largest absolute Gasteiger partial charge is 0.256 e. The third kappa shape index (κ3) is 2.07. The van der Waals surface area contributed by atoms with Gasteiger partial charge in [-0.3, -0.25) is 4.98 Å². The Morgan fingerprint density at radius 1 is 0.882 bits per heavy atom. The van der Waals surface area contributed by atoms with Crippen LogP contribution in [0.2, 0.25) is 0 Å². The van der Waals surface area contributed by atoms with Crippen LogP contribution in [0.4, 0.5) is 0 Å². The van der Waals surface area contributed by atoms with Crippen LogP contribution in [0, 0.1) is 0 Å². The minimum atomic E-state index is 0.771. The van der Waals surface area contributed by atoms with Gasteiger partial charge in [0.15, 0.2) is 5.82 Å². The van der Waals surface area contributed by atoms with Gasteiger partial charge >= 0.3 is 0 Å². The van der Waals surface area contributed by atoms with Crippen LogP contribution in [0.1, 0.15) is 0 Å². The van der Waals surface area contributed by atoms with Crippen molar-refractivity contribution in [3.8, 4) is 22.6 Å². The Hall–Kier alpha value is -2.07. The van der Waals surface area contributed by atoms with E-state index in [4.69, 9.17) is 0 Å². The van der Waals surface area contributed by atoms with Crippen LogP contribution in [-0.2, 0) is 0 Å². The quantitative estimate of drug-likeness (QED) is 0.689. The van der Waals surface area contributed by atoms with Crippen molar-refractivity contribution < 1.29 is 0 Å². The molecule has 0 aliphatic heterocycles. The first kappa shape index (κ1) is 10.1. The fourth-order valence-electron chi connectivity index (χ4n) is 1.65. The van der Waals surface area contributed by atoms with E-state index >= 15 is 0 Å². The fraction of sp³-hybridized carbons (Fsp3) is 0. The second-order valence-corrected chi connectivity index (χ2v) is 4.15. The predicted octanol–water partition coefficient (Wildman–Crippen LogP) is 3.27. The number of rotatable bonds is 2. The van der Waals surface area contributed by atoms with Crippen molar-refractivity contribution in [2.75, 3.05) is 0 Å². The van der Waals surface area contributed by atoms with Crippen LogP contribution in [0.25, 0.3) is 22.6 Å². The van der Waals surface area contributed by atoms with E-state index < -0.39 is 0 Å². The average Bonchev–Trinajstić information content (AvgIpc) is 2.94. The van der Waals surface area contributed by atoms with Gasteiger partial charge in [0.1, 0.15) is 5.51 Å². The number of pyridine rings is 1.